The van der Waals surface area contributed by atoms with Gasteiger partial charge in [0.15, 0.2) is 12.4 Å². The maximum atomic E-state index is 12.2. The first kappa shape index (κ1) is 19.1. The molecule has 140 valence electrons. The van der Waals surface area contributed by atoms with E-state index in [0.717, 1.165) is 12.1 Å². The Hall–Kier alpha value is -2.67. The van der Waals surface area contributed by atoms with Crippen molar-refractivity contribution in [3.05, 3.63) is 58.1 Å². The van der Waals surface area contributed by atoms with Crippen LogP contribution in [0, 0.1) is 0 Å². The van der Waals surface area contributed by atoms with Crippen molar-refractivity contribution in [2.45, 2.75) is 12.8 Å². The fourth-order valence-corrected chi connectivity index (χ4v) is 3.38. The van der Waals surface area contributed by atoms with E-state index < -0.39 is 5.97 Å². The van der Waals surface area contributed by atoms with Gasteiger partial charge in [-0.05, 0) is 64.8 Å². The number of hydrogen-bond donors (Lipinski definition) is 0. The Morgan fingerprint density at radius 1 is 1.11 bits per heavy atom. The number of Topliss-reactive ketones (excluding diaryl/α,β-unsaturated/α-hetero) is 1. The summed E-state index contributed by atoms with van der Waals surface area (Å²) in [6.45, 7) is 0.332. The van der Waals surface area contributed by atoms with Crippen LogP contribution in [0.3, 0.4) is 0 Å². The summed E-state index contributed by atoms with van der Waals surface area (Å²) in [5.41, 5.74) is 1.50. The molecule has 3 rings (SSSR count). The first-order chi connectivity index (χ1) is 13.0. The van der Waals surface area contributed by atoms with Crippen molar-refractivity contribution in [3.63, 3.8) is 0 Å². The fourth-order valence-electron chi connectivity index (χ4n) is 2.84. The summed E-state index contributed by atoms with van der Waals surface area (Å²) in [5.74, 6) is -0.206. The van der Waals surface area contributed by atoms with E-state index in [1.165, 1.54) is 7.11 Å². The minimum Gasteiger partial charge on any atom is -0.496 e. The zero-order chi connectivity index (χ0) is 19.4. The minimum absolute atomic E-state index is 0.0848. The number of anilines is 1. The largest absolute Gasteiger partial charge is 0.496 e. The van der Waals surface area contributed by atoms with Crippen molar-refractivity contribution < 1.29 is 23.9 Å². The number of benzene rings is 2. The van der Waals surface area contributed by atoms with Crippen molar-refractivity contribution in [1.29, 1.82) is 0 Å². The van der Waals surface area contributed by atoms with E-state index in [1.807, 2.05) is 0 Å². The number of nitrogens with zero attached hydrogens (tertiary/aromatic N) is 1. The number of hydrogen-bond acceptors (Lipinski definition) is 5. The van der Waals surface area contributed by atoms with E-state index in [4.69, 9.17) is 9.47 Å². The summed E-state index contributed by atoms with van der Waals surface area (Å²) in [7, 11) is 1.54. The molecule has 0 unspecified atom stereocenters. The second-order valence-electron chi connectivity index (χ2n) is 6.04. The van der Waals surface area contributed by atoms with Crippen LogP contribution in [0.25, 0.3) is 0 Å². The summed E-state index contributed by atoms with van der Waals surface area (Å²) < 4.78 is 10.9. The molecule has 0 aromatic heterocycles. The second kappa shape index (κ2) is 8.35. The molecule has 0 atom stereocenters. The van der Waals surface area contributed by atoms with Gasteiger partial charge in [-0.15, -0.1) is 0 Å². The molecule has 0 aliphatic carbocycles. The van der Waals surface area contributed by atoms with Crippen molar-refractivity contribution in [2.75, 3.05) is 25.2 Å². The van der Waals surface area contributed by atoms with Crippen LogP contribution < -0.4 is 9.64 Å². The van der Waals surface area contributed by atoms with E-state index in [1.54, 1.807) is 47.4 Å². The van der Waals surface area contributed by atoms with Crippen molar-refractivity contribution >= 4 is 39.3 Å². The molecule has 2 aromatic rings. The topological polar surface area (TPSA) is 72.9 Å². The molecule has 1 aliphatic rings. The summed E-state index contributed by atoms with van der Waals surface area (Å²) >= 11 is 3.32. The monoisotopic (exact) mass is 431 g/mol. The summed E-state index contributed by atoms with van der Waals surface area (Å²) in [4.78, 5) is 37.8. The van der Waals surface area contributed by atoms with Gasteiger partial charge in [-0.2, -0.15) is 0 Å². The maximum absolute atomic E-state index is 12.2. The number of rotatable bonds is 6. The Morgan fingerprint density at radius 3 is 2.41 bits per heavy atom. The number of ether oxygens (including phenoxy) is 2. The number of ketones is 1. The van der Waals surface area contributed by atoms with Gasteiger partial charge in [0, 0.05) is 24.2 Å². The molecule has 0 spiro atoms. The number of halogens is 1. The zero-order valence-corrected chi connectivity index (χ0v) is 16.3. The number of carbonyl (C=O) groups is 3. The molecule has 0 radical (unpaired) electrons. The molecular formula is C20H18BrNO5. The predicted octanol–water partition coefficient (Wildman–Crippen LogP) is 3.62. The van der Waals surface area contributed by atoms with Crippen LogP contribution in [-0.2, 0) is 9.53 Å². The number of amides is 1. The molecule has 0 N–H and O–H groups in total. The van der Waals surface area contributed by atoms with Crippen LogP contribution >= 0.6 is 15.9 Å². The van der Waals surface area contributed by atoms with Crippen LogP contribution in [0.2, 0.25) is 0 Å². The van der Waals surface area contributed by atoms with Crippen LogP contribution in [0.5, 0.6) is 5.75 Å². The van der Waals surface area contributed by atoms with E-state index in [2.05, 4.69) is 15.9 Å². The van der Waals surface area contributed by atoms with E-state index in [0.29, 0.717) is 34.3 Å². The van der Waals surface area contributed by atoms with Crippen LogP contribution in [0.15, 0.2) is 46.9 Å². The van der Waals surface area contributed by atoms with E-state index in [9.17, 15) is 14.4 Å². The Labute approximate surface area is 165 Å². The number of carbonyl (C=O) groups excluding carboxylic acids is 3. The van der Waals surface area contributed by atoms with Gasteiger partial charge in [-0.3, -0.25) is 9.59 Å². The third kappa shape index (κ3) is 4.36. The minimum atomic E-state index is -0.588. The summed E-state index contributed by atoms with van der Waals surface area (Å²) in [5, 5.41) is 0. The predicted molar refractivity (Wildman–Crippen MR) is 103 cm³/mol. The average Bonchev–Trinajstić information content (AvgIpc) is 3.11. The molecule has 2 aromatic carbocycles. The highest BCUT2D eigenvalue weighted by Gasteiger charge is 2.22. The SMILES string of the molecule is COc1ccc(C(=O)COC(=O)c2ccc(N3CCCC3=O)cc2)cc1Br. The Morgan fingerprint density at radius 2 is 1.81 bits per heavy atom. The molecule has 1 fully saturated rings. The Balaban J connectivity index is 1.59. The van der Waals surface area contributed by atoms with Crippen LogP contribution in [0.4, 0.5) is 5.69 Å². The van der Waals surface area contributed by atoms with Crippen LogP contribution in [-0.4, -0.2) is 37.9 Å². The molecule has 27 heavy (non-hydrogen) atoms. The lowest BCUT2D eigenvalue weighted by atomic mass is 10.1. The first-order valence-electron chi connectivity index (χ1n) is 8.44. The van der Waals surface area contributed by atoms with Gasteiger partial charge in [-0.1, -0.05) is 0 Å². The number of methoxy groups -OCH3 is 1. The average molecular weight is 432 g/mol. The third-order valence-corrected chi connectivity index (χ3v) is 4.92. The molecule has 1 heterocycles. The zero-order valence-electron chi connectivity index (χ0n) is 14.7. The van der Waals surface area contributed by atoms with Gasteiger partial charge >= 0.3 is 5.97 Å². The highest BCUT2D eigenvalue weighted by atomic mass is 79.9. The molecule has 6 nitrogen and oxygen atoms in total. The molecule has 1 amide bonds. The first-order valence-corrected chi connectivity index (χ1v) is 9.23. The molecule has 0 saturated carbocycles. The van der Waals surface area contributed by atoms with E-state index in [-0.39, 0.29) is 18.3 Å². The molecule has 0 bridgehead atoms. The molecule has 1 saturated heterocycles. The third-order valence-electron chi connectivity index (χ3n) is 4.30. The molecular weight excluding hydrogens is 414 g/mol. The Bertz CT molecular complexity index is 878. The van der Waals surface area contributed by atoms with Crippen molar-refractivity contribution in [1.82, 2.24) is 0 Å². The van der Waals surface area contributed by atoms with Gasteiger partial charge in [-0.25, -0.2) is 4.79 Å². The Kier molecular flexibility index (Phi) is 5.91. The lowest BCUT2D eigenvalue weighted by Crippen LogP contribution is -2.23. The van der Waals surface area contributed by atoms with E-state index >= 15 is 0 Å². The number of esters is 1. The van der Waals surface area contributed by atoms with Crippen molar-refractivity contribution in [3.8, 4) is 5.75 Å². The van der Waals surface area contributed by atoms with Gasteiger partial charge in [0.05, 0.1) is 17.1 Å². The molecule has 1 aliphatic heterocycles. The quantitative estimate of drug-likeness (QED) is 0.515. The second-order valence-corrected chi connectivity index (χ2v) is 6.90. The van der Waals surface area contributed by atoms with Crippen molar-refractivity contribution in [2.24, 2.45) is 0 Å². The summed E-state index contributed by atoms with van der Waals surface area (Å²) in [6, 6.07) is 11.5. The highest BCUT2D eigenvalue weighted by molar-refractivity contribution is 9.10. The highest BCUT2D eigenvalue weighted by Crippen LogP contribution is 2.26. The maximum Gasteiger partial charge on any atom is 0.338 e. The normalized spacial score (nSPS) is 13.6. The molecule has 7 heteroatoms. The van der Waals surface area contributed by atoms with Gasteiger partial charge in [0.25, 0.3) is 0 Å². The van der Waals surface area contributed by atoms with Gasteiger partial charge in [0.2, 0.25) is 5.91 Å². The van der Waals surface area contributed by atoms with Gasteiger partial charge < -0.3 is 14.4 Å². The lowest BCUT2D eigenvalue weighted by molar-refractivity contribution is -0.117. The standard InChI is InChI=1S/C20H18BrNO5/c1-26-18-9-6-14(11-16(18)21)17(23)12-27-20(25)13-4-7-15(8-5-13)22-10-2-3-19(22)24/h4-9,11H,2-3,10,12H2,1H3. The van der Waals surface area contributed by atoms with Crippen LogP contribution in [0.1, 0.15) is 33.6 Å². The lowest BCUT2D eigenvalue weighted by Gasteiger charge is -2.15. The summed E-state index contributed by atoms with van der Waals surface area (Å²) in [6.07, 6.45) is 1.39. The van der Waals surface area contributed by atoms with Gasteiger partial charge in [0.1, 0.15) is 5.75 Å². The fraction of sp³-hybridized carbons (Fsp3) is 0.250. The smallest absolute Gasteiger partial charge is 0.338 e.